The molecule has 0 atom stereocenters. The summed E-state index contributed by atoms with van der Waals surface area (Å²) in [4.78, 5) is 4.82. The van der Waals surface area contributed by atoms with E-state index in [1.807, 2.05) is 11.3 Å². The van der Waals surface area contributed by atoms with Crippen LogP contribution in [0.5, 0.6) is 0 Å². The summed E-state index contributed by atoms with van der Waals surface area (Å²) >= 11 is 1.86. The van der Waals surface area contributed by atoms with E-state index in [0.717, 1.165) is 34.1 Å². The molecule has 10 aromatic rings. The fraction of sp³-hybridized carbons (Fsp3) is 0.0182. The van der Waals surface area contributed by atoms with Crippen LogP contribution in [-0.4, -0.2) is 0 Å². The molecule has 0 aliphatic carbocycles. The van der Waals surface area contributed by atoms with Crippen molar-refractivity contribution in [2.45, 2.75) is 6.92 Å². The van der Waals surface area contributed by atoms with Gasteiger partial charge in [-0.3, -0.25) is 0 Å². The molecular formula is C55H40N2S. The molecule has 1 aromatic heterocycles. The topological polar surface area (TPSA) is 6.48 Å². The van der Waals surface area contributed by atoms with Crippen LogP contribution in [0.15, 0.2) is 224 Å². The Labute approximate surface area is 344 Å². The lowest BCUT2D eigenvalue weighted by atomic mass is 10.0. The van der Waals surface area contributed by atoms with Crippen LogP contribution in [-0.2, 0) is 0 Å². The van der Waals surface area contributed by atoms with Gasteiger partial charge in [0.25, 0.3) is 0 Å². The third-order valence-electron chi connectivity index (χ3n) is 10.9. The van der Waals surface area contributed by atoms with Crippen LogP contribution in [0.2, 0.25) is 0 Å². The molecule has 0 saturated heterocycles. The molecule has 0 saturated carbocycles. The van der Waals surface area contributed by atoms with Crippen molar-refractivity contribution >= 4 is 65.6 Å². The number of thiophene rings is 1. The van der Waals surface area contributed by atoms with Gasteiger partial charge < -0.3 is 9.80 Å². The van der Waals surface area contributed by atoms with Crippen molar-refractivity contribution in [3.63, 3.8) is 0 Å². The molecule has 0 spiro atoms. The number of nitrogens with zero attached hydrogens (tertiary/aromatic N) is 2. The predicted octanol–water partition coefficient (Wildman–Crippen LogP) is 16.3. The van der Waals surface area contributed by atoms with Crippen molar-refractivity contribution in [1.29, 1.82) is 0 Å². The van der Waals surface area contributed by atoms with Gasteiger partial charge in [-0.25, -0.2) is 0 Å². The van der Waals surface area contributed by atoms with Crippen LogP contribution in [0, 0.1) is 6.92 Å². The van der Waals surface area contributed by atoms with E-state index in [1.54, 1.807) is 0 Å². The summed E-state index contributed by atoms with van der Waals surface area (Å²) in [5, 5.41) is 2.56. The Morgan fingerprint density at radius 1 is 0.310 bits per heavy atom. The minimum absolute atomic E-state index is 1.07. The second-order valence-electron chi connectivity index (χ2n) is 14.7. The Balaban J connectivity index is 1.16. The average Bonchev–Trinajstić information content (AvgIpc) is 3.68. The Morgan fingerprint density at radius 3 is 1.38 bits per heavy atom. The second-order valence-corrected chi connectivity index (χ2v) is 15.7. The van der Waals surface area contributed by atoms with Crippen LogP contribution in [0.3, 0.4) is 0 Å². The maximum Gasteiger partial charge on any atom is 0.0640 e. The zero-order valence-electron chi connectivity index (χ0n) is 32.2. The lowest BCUT2D eigenvalue weighted by Gasteiger charge is -2.30. The van der Waals surface area contributed by atoms with Gasteiger partial charge in [-0.2, -0.15) is 0 Å². The molecule has 58 heavy (non-hydrogen) atoms. The molecule has 0 radical (unpaired) electrons. The van der Waals surface area contributed by atoms with E-state index in [2.05, 4.69) is 241 Å². The first-order valence-electron chi connectivity index (χ1n) is 19.7. The first kappa shape index (κ1) is 35.2. The van der Waals surface area contributed by atoms with E-state index in [4.69, 9.17) is 0 Å². The van der Waals surface area contributed by atoms with Gasteiger partial charge in [0, 0.05) is 43.9 Å². The molecule has 0 N–H and O–H groups in total. The van der Waals surface area contributed by atoms with Crippen LogP contribution in [0.4, 0.5) is 34.1 Å². The summed E-state index contributed by atoms with van der Waals surface area (Å²) in [5.41, 5.74) is 15.0. The van der Waals surface area contributed by atoms with E-state index in [-0.39, 0.29) is 0 Å². The van der Waals surface area contributed by atoms with Crippen LogP contribution >= 0.6 is 11.3 Å². The smallest absolute Gasteiger partial charge is 0.0640 e. The predicted molar refractivity (Wildman–Crippen MR) is 250 cm³/mol. The zero-order valence-corrected chi connectivity index (χ0v) is 33.0. The van der Waals surface area contributed by atoms with Crippen molar-refractivity contribution in [3.05, 3.63) is 230 Å². The van der Waals surface area contributed by atoms with Gasteiger partial charge in [-0.05, 0) is 107 Å². The van der Waals surface area contributed by atoms with Gasteiger partial charge in [-0.1, -0.05) is 163 Å². The van der Waals surface area contributed by atoms with Crippen molar-refractivity contribution in [3.8, 4) is 33.4 Å². The molecule has 0 aliphatic rings. The Morgan fingerprint density at radius 2 is 0.759 bits per heavy atom. The van der Waals surface area contributed by atoms with Gasteiger partial charge in [0.2, 0.25) is 0 Å². The van der Waals surface area contributed by atoms with Crippen molar-refractivity contribution in [2.24, 2.45) is 0 Å². The fourth-order valence-corrected chi connectivity index (χ4v) is 9.22. The molecule has 0 unspecified atom stereocenters. The minimum atomic E-state index is 1.07. The average molecular weight is 761 g/mol. The van der Waals surface area contributed by atoms with Crippen LogP contribution in [0.25, 0.3) is 53.6 Å². The number of rotatable bonds is 9. The maximum atomic E-state index is 2.43. The molecule has 2 nitrogen and oxygen atoms in total. The number of hydrogen-bond donors (Lipinski definition) is 0. The second kappa shape index (κ2) is 15.4. The van der Waals surface area contributed by atoms with Gasteiger partial charge in [0.1, 0.15) is 0 Å². The van der Waals surface area contributed by atoms with Crippen molar-refractivity contribution < 1.29 is 0 Å². The zero-order chi connectivity index (χ0) is 38.8. The summed E-state index contributed by atoms with van der Waals surface area (Å²) in [6, 6.07) is 81.3. The first-order chi connectivity index (χ1) is 28.7. The molecule has 9 aromatic carbocycles. The first-order valence-corrected chi connectivity index (χ1v) is 20.6. The lowest BCUT2D eigenvalue weighted by Crippen LogP contribution is -2.13. The normalized spacial score (nSPS) is 11.2. The third-order valence-corrected chi connectivity index (χ3v) is 12.1. The van der Waals surface area contributed by atoms with E-state index in [0.29, 0.717) is 0 Å². The van der Waals surface area contributed by atoms with Gasteiger partial charge in [0.05, 0.1) is 10.4 Å². The summed E-state index contributed by atoms with van der Waals surface area (Å²) in [7, 11) is 0. The molecule has 0 aliphatic heterocycles. The summed E-state index contributed by atoms with van der Waals surface area (Å²) < 4.78 is 2.55. The van der Waals surface area contributed by atoms with Gasteiger partial charge >= 0.3 is 0 Å². The molecule has 10 rings (SSSR count). The van der Waals surface area contributed by atoms with E-state index in [9.17, 15) is 0 Å². The van der Waals surface area contributed by atoms with Crippen LogP contribution in [0.1, 0.15) is 5.56 Å². The monoisotopic (exact) mass is 760 g/mol. The SMILES string of the molecule is Cc1ccc(-c2ccc(N(c3cccc(N(c4cccc(-c5ccccc5)c4)c4cccc(-c5ccccc5)c4)c3)c3cccc4c3sc3ccccc34)cc2)cc1. The minimum Gasteiger partial charge on any atom is -0.310 e. The highest BCUT2D eigenvalue weighted by molar-refractivity contribution is 7.26. The summed E-state index contributed by atoms with van der Waals surface area (Å²) in [6.07, 6.45) is 0. The highest BCUT2D eigenvalue weighted by atomic mass is 32.1. The quantitative estimate of drug-likeness (QED) is 0.145. The third kappa shape index (κ3) is 6.83. The fourth-order valence-electron chi connectivity index (χ4n) is 8.01. The van der Waals surface area contributed by atoms with E-state index < -0.39 is 0 Å². The molecule has 3 heteroatoms. The molecule has 0 bridgehead atoms. The number of benzene rings is 9. The van der Waals surface area contributed by atoms with Crippen LogP contribution < -0.4 is 9.80 Å². The van der Waals surface area contributed by atoms with Crippen molar-refractivity contribution in [2.75, 3.05) is 9.80 Å². The standard InChI is InChI=1S/C55H40N2S/c1-39-28-30-42(31-29-39)43-32-34-46(35-33-43)57(53-26-13-25-52-51-24-8-9-27-54(51)58-55(52)53)50-23-12-22-49(38-50)56(47-20-10-18-44(36-47)40-14-4-2-5-15-40)48-21-11-19-45(37-48)41-16-6-3-7-17-41/h2-38H,1H3. The largest absolute Gasteiger partial charge is 0.310 e. The molecule has 1 heterocycles. The van der Waals surface area contributed by atoms with E-state index in [1.165, 1.54) is 59.1 Å². The molecule has 0 fully saturated rings. The highest BCUT2D eigenvalue weighted by Gasteiger charge is 2.21. The highest BCUT2D eigenvalue weighted by Crippen LogP contribution is 2.47. The Hall–Kier alpha value is -7.20. The Kier molecular flexibility index (Phi) is 9.34. The molecule has 0 amide bonds. The number of fused-ring (bicyclic) bond motifs is 3. The number of anilines is 6. The number of hydrogen-bond acceptors (Lipinski definition) is 3. The van der Waals surface area contributed by atoms with Gasteiger partial charge in [0.15, 0.2) is 0 Å². The van der Waals surface area contributed by atoms with Gasteiger partial charge in [-0.15, -0.1) is 11.3 Å². The van der Waals surface area contributed by atoms with E-state index >= 15 is 0 Å². The summed E-state index contributed by atoms with van der Waals surface area (Å²) in [6.45, 7) is 2.13. The summed E-state index contributed by atoms with van der Waals surface area (Å²) in [5.74, 6) is 0. The maximum absolute atomic E-state index is 2.43. The molecular weight excluding hydrogens is 721 g/mol. The van der Waals surface area contributed by atoms with Crippen molar-refractivity contribution in [1.82, 2.24) is 0 Å². The number of aryl methyl sites for hydroxylation is 1. The Bertz CT molecular complexity index is 2920. The lowest BCUT2D eigenvalue weighted by molar-refractivity contribution is 1.26. The molecule has 276 valence electrons.